The minimum atomic E-state index is -4.46. The number of nitrogens with one attached hydrogen (secondary N) is 1. The summed E-state index contributed by atoms with van der Waals surface area (Å²) in [5, 5.41) is 10.00. The lowest BCUT2D eigenvalue weighted by Gasteiger charge is -2.08. The predicted octanol–water partition coefficient (Wildman–Crippen LogP) is 3.24. The normalized spacial score (nSPS) is 11.4. The molecule has 0 aliphatic carbocycles. The van der Waals surface area contributed by atoms with Gasteiger partial charge < -0.3 is 5.32 Å². The van der Waals surface area contributed by atoms with Crippen molar-refractivity contribution in [2.45, 2.75) is 13.1 Å². The van der Waals surface area contributed by atoms with Crippen molar-refractivity contribution in [3.05, 3.63) is 65.6 Å². The summed E-state index contributed by atoms with van der Waals surface area (Å²) < 4.78 is 39.4. The van der Waals surface area contributed by atoms with Crippen molar-refractivity contribution >= 4 is 11.7 Å². The van der Waals surface area contributed by atoms with E-state index in [1.807, 2.05) is 0 Å². The molecule has 0 unspecified atom stereocenters. The van der Waals surface area contributed by atoms with Gasteiger partial charge in [0.2, 0.25) is 0 Å². The van der Waals surface area contributed by atoms with E-state index < -0.39 is 17.6 Å². The molecule has 1 amide bonds. The lowest BCUT2D eigenvalue weighted by molar-refractivity contribution is -0.137. The number of carbonyl (C=O) groups is 1. The molecule has 0 bridgehead atoms. The summed E-state index contributed by atoms with van der Waals surface area (Å²) >= 11 is 0. The zero-order chi connectivity index (χ0) is 18.0. The summed E-state index contributed by atoms with van der Waals surface area (Å²) in [6.45, 7) is 1.78. The number of amides is 1. The molecule has 9 heteroatoms. The molecular formula is C16H12F3N5O. The maximum atomic E-state index is 12.8. The molecule has 0 fully saturated rings. The number of halogens is 3. The molecule has 0 aliphatic heterocycles. The van der Waals surface area contributed by atoms with Crippen molar-refractivity contribution in [3.8, 4) is 5.69 Å². The molecule has 0 atom stereocenters. The summed E-state index contributed by atoms with van der Waals surface area (Å²) in [4.78, 5) is 16.2. The largest absolute Gasteiger partial charge is 0.416 e. The van der Waals surface area contributed by atoms with Crippen LogP contribution < -0.4 is 5.32 Å². The number of aromatic nitrogens is 4. The number of aryl methyl sites for hydroxylation is 1. The van der Waals surface area contributed by atoms with E-state index in [2.05, 4.69) is 20.6 Å². The summed E-state index contributed by atoms with van der Waals surface area (Å²) in [5.41, 5.74) is 0.0644. The van der Waals surface area contributed by atoms with Crippen LogP contribution in [0, 0.1) is 6.92 Å². The fourth-order valence-corrected chi connectivity index (χ4v) is 2.11. The topological polar surface area (TPSA) is 72.7 Å². The van der Waals surface area contributed by atoms with Gasteiger partial charge in [-0.05, 0) is 36.8 Å². The van der Waals surface area contributed by atoms with E-state index in [1.54, 1.807) is 19.1 Å². The second-order valence-electron chi connectivity index (χ2n) is 5.22. The summed E-state index contributed by atoms with van der Waals surface area (Å²) in [5.74, 6) is -0.179. The molecule has 1 N–H and O–H groups in total. The quantitative estimate of drug-likeness (QED) is 0.789. The Morgan fingerprint density at radius 3 is 2.72 bits per heavy atom. The van der Waals surface area contributed by atoms with Gasteiger partial charge in [0, 0.05) is 6.20 Å². The van der Waals surface area contributed by atoms with Crippen molar-refractivity contribution in [1.29, 1.82) is 0 Å². The van der Waals surface area contributed by atoms with E-state index in [0.717, 1.165) is 22.4 Å². The van der Waals surface area contributed by atoms with Crippen molar-refractivity contribution in [1.82, 2.24) is 20.0 Å². The van der Waals surface area contributed by atoms with Crippen molar-refractivity contribution < 1.29 is 18.0 Å². The first-order valence-electron chi connectivity index (χ1n) is 7.17. The molecule has 25 heavy (non-hydrogen) atoms. The van der Waals surface area contributed by atoms with Crippen LogP contribution in [0.15, 0.2) is 48.8 Å². The molecule has 128 valence electrons. The zero-order valence-corrected chi connectivity index (χ0v) is 12.9. The summed E-state index contributed by atoms with van der Waals surface area (Å²) in [7, 11) is 0. The van der Waals surface area contributed by atoms with Crippen LogP contribution in [0.5, 0.6) is 0 Å². The van der Waals surface area contributed by atoms with Crippen LogP contribution in [0.25, 0.3) is 5.69 Å². The molecule has 0 saturated carbocycles. The van der Waals surface area contributed by atoms with E-state index in [4.69, 9.17) is 0 Å². The molecule has 1 aromatic carbocycles. The lowest BCUT2D eigenvalue weighted by Crippen LogP contribution is -2.14. The number of hydrogen-bond acceptors (Lipinski definition) is 4. The van der Waals surface area contributed by atoms with Crippen LogP contribution in [0.2, 0.25) is 0 Å². The van der Waals surface area contributed by atoms with Gasteiger partial charge in [0.25, 0.3) is 5.91 Å². The number of carbonyl (C=O) groups excluding carboxylic acids is 1. The Labute approximate surface area is 140 Å². The van der Waals surface area contributed by atoms with E-state index >= 15 is 0 Å². The number of hydrogen-bond donors (Lipinski definition) is 1. The standard InChI is InChI=1S/C16H12F3N5O/c1-10-4-3-7-20-14(10)21-15(25)13-9-24(23-22-13)12-6-2-5-11(8-12)16(17,18)19/h2-9H,1H3,(H,20,21,25). The number of anilines is 1. The van der Waals surface area contributed by atoms with E-state index in [-0.39, 0.29) is 11.4 Å². The first-order chi connectivity index (χ1) is 11.8. The molecule has 2 aromatic heterocycles. The Hall–Kier alpha value is -3.23. The summed E-state index contributed by atoms with van der Waals surface area (Å²) in [6, 6.07) is 8.10. The van der Waals surface area contributed by atoms with Crippen LogP contribution in [0.4, 0.5) is 19.0 Å². The smallest absolute Gasteiger partial charge is 0.305 e. The number of rotatable bonds is 3. The average Bonchev–Trinajstić information content (AvgIpc) is 3.06. The van der Waals surface area contributed by atoms with E-state index in [0.29, 0.717) is 5.82 Å². The monoisotopic (exact) mass is 347 g/mol. The third-order valence-corrected chi connectivity index (χ3v) is 3.41. The third kappa shape index (κ3) is 3.65. The Morgan fingerprint density at radius 1 is 1.20 bits per heavy atom. The Bertz CT molecular complexity index is 920. The molecule has 0 saturated heterocycles. The molecular weight excluding hydrogens is 335 g/mol. The Morgan fingerprint density at radius 2 is 2.00 bits per heavy atom. The highest BCUT2D eigenvalue weighted by Crippen LogP contribution is 2.30. The maximum absolute atomic E-state index is 12.8. The lowest BCUT2D eigenvalue weighted by atomic mass is 10.2. The van der Waals surface area contributed by atoms with Crippen molar-refractivity contribution in [3.63, 3.8) is 0 Å². The van der Waals surface area contributed by atoms with Crippen LogP contribution >= 0.6 is 0 Å². The van der Waals surface area contributed by atoms with Crippen molar-refractivity contribution in [2.75, 3.05) is 5.32 Å². The molecule has 3 aromatic rings. The van der Waals surface area contributed by atoms with Gasteiger partial charge in [0.1, 0.15) is 5.82 Å². The second-order valence-corrected chi connectivity index (χ2v) is 5.22. The van der Waals surface area contributed by atoms with Gasteiger partial charge in [-0.3, -0.25) is 4.79 Å². The predicted molar refractivity (Wildman–Crippen MR) is 83.3 cm³/mol. The highest BCUT2D eigenvalue weighted by atomic mass is 19.4. The van der Waals surface area contributed by atoms with Gasteiger partial charge in [-0.25, -0.2) is 9.67 Å². The number of alkyl halides is 3. The minimum absolute atomic E-state index is 0.0394. The van der Waals surface area contributed by atoms with Crippen LogP contribution in [-0.2, 0) is 6.18 Å². The van der Waals surface area contributed by atoms with Crippen LogP contribution in [0.3, 0.4) is 0 Å². The molecule has 3 rings (SSSR count). The molecule has 0 radical (unpaired) electrons. The molecule has 0 spiro atoms. The van der Waals surface area contributed by atoms with Crippen LogP contribution in [0.1, 0.15) is 21.6 Å². The number of nitrogens with zero attached hydrogens (tertiary/aromatic N) is 4. The van der Waals surface area contributed by atoms with Gasteiger partial charge in [-0.2, -0.15) is 13.2 Å². The van der Waals surface area contributed by atoms with E-state index in [9.17, 15) is 18.0 Å². The Kier molecular flexibility index (Phi) is 4.22. The average molecular weight is 347 g/mol. The first-order valence-corrected chi connectivity index (χ1v) is 7.17. The molecule has 6 nitrogen and oxygen atoms in total. The second kappa shape index (κ2) is 6.34. The van der Waals surface area contributed by atoms with Crippen LogP contribution in [-0.4, -0.2) is 25.9 Å². The van der Waals surface area contributed by atoms with Gasteiger partial charge in [-0.15, -0.1) is 5.10 Å². The SMILES string of the molecule is Cc1cccnc1NC(=O)c1cn(-c2cccc(C(F)(F)F)c2)nn1. The highest BCUT2D eigenvalue weighted by molar-refractivity contribution is 6.02. The minimum Gasteiger partial charge on any atom is -0.305 e. The summed E-state index contributed by atoms with van der Waals surface area (Å²) in [6.07, 6.45) is -1.68. The van der Waals surface area contributed by atoms with E-state index in [1.165, 1.54) is 24.5 Å². The number of pyridine rings is 1. The zero-order valence-electron chi connectivity index (χ0n) is 12.9. The fourth-order valence-electron chi connectivity index (χ4n) is 2.11. The molecule has 2 heterocycles. The Balaban J connectivity index is 1.83. The fraction of sp³-hybridized carbons (Fsp3) is 0.125. The van der Waals surface area contributed by atoms with Gasteiger partial charge in [0.15, 0.2) is 5.69 Å². The van der Waals surface area contributed by atoms with Crippen molar-refractivity contribution in [2.24, 2.45) is 0 Å². The molecule has 0 aliphatic rings. The maximum Gasteiger partial charge on any atom is 0.416 e. The first kappa shape index (κ1) is 16.6. The highest BCUT2D eigenvalue weighted by Gasteiger charge is 2.30. The van der Waals surface area contributed by atoms with Gasteiger partial charge in [0.05, 0.1) is 17.4 Å². The number of benzene rings is 1. The third-order valence-electron chi connectivity index (χ3n) is 3.41. The van der Waals surface area contributed by atoms with Gasteiger partial charge in [-0.1, -0.05) is 17.3 Å². The van der Waals surface area contributed by atoms with Gasteiger partial charge >= 0.3 is 6.18 Å².